The Morgan fingerprint density at radius 3 is 2.50 bits per heavy atom. The molecule has 0 aliphatic carbocycles. The van der Waals surface area contributed by atoms with Gasteiger partial charge in [-0.25, -0.2) is 13.8 Å². The van der Waals surface area contributed by atoms with E-state index in [0.717, 1.165) is 12.1 Å². The zero-order valence-electron chi connectivity index (χ0n) is 22.7. The average molecular weight is 600 g/mol. The van der Waals surface area contributed by atoms with Crippen molar-refractivity contribution < 1.29 is 37.4 Å². The first kappa shape index (κ1) is 30.1. The summed E-state index contributed by atoms with van der Waals surface area (Å²) in [5.41, 5.74) is 0.926. The molecule has 220 valence electrons. The van der Waals surface area contributed by atoms with Crippen LogP contribution in [0.3, 0.4) is 0 Å². The second kappa shape index (κ2) is 13.7. The lowest BCUT2D eigenvalue weighted by molar-refractivity contribution is -0.134. The molecule has 0 atom stereocenters. The summed E-state index contributed by atoms with van der Waals surface area (Å²) in [6, 6.07) is 6.58. The van der Waals surface area contributed by atoms with Crippen LogP contribution in [0.5, 0.6) is 11.5 Å². The fourth-order valence-corrected chi connectivity index (χ4v) is 4.53. The summed E-state index contributed by atoms with van der Waals surface area (Å²) in [4.78, 5) is 53.9. The van der Waals surface area contributed by atoms with Crippen molar-refractivity contribution in [2.75, 3.05) is 19.0 Å². The number of aromatic nitrogens is 2. The zero-order chi connectivity index (χ0) is 30.2. The highest BCUT2D eigenvalue weighted by atomic mass is 32.1. The van der Waals surface area contributed by atoms with E-state index in [1.165, 1.54) is 31.4 Å². The van der Waals surface area contributed by atoms with Gasteiger partial charge in [0, 0.05) is 49.4 Å². The lowest BCUT2D eigenvalue weighted by Gasteiger charge is -2.12. The van der Waals surface area contributed by atoms with E-state index in [1.54, 1.807) is 28.9 Å². The lowest BCUT2D eigenvalue weighted by Crippen LogP contribution is -2.27. The minimum absolute atomic E-state index is 0.0345. The fourth-order valence-electron chi connectivity index (χ4n) is 3.83. The Labute approximate surface area is 242 Å². The van der Waals surface area contributed by atoms with Gasteiger partial charge in [-0.2, -0.15) is 0 Å². The quantitative estimate of drug-likeness (QED) is 0.127. The molecule has 4 rings (SSSR count). The second-order valence-corrected chi connectivity index (χ2v) is 9.81. The number of carbonyl (C=O) groups excluding carboxylic acids is 4. The number of nitrogens with zero attached hydrogens (tertiary/aromatic N) is 2. The Morgan fingerprint density at radius 2 is 1.81 bits per heavy atom. The van der Waals surface area contributed by atoms with Crippen LogP contribution in [0.2, 0.25) is 0 Å². The zero-order valence-corrected chi connectivity index (χ0v) is 23.5. The number of rotatable bonds is 12. The van der Waals surface area contributed by atoms with Gasteiger partial charge in [-0.15, -0.1) is 11.3 Å². The minimum atomic E-state index is -1.05. The van der Waals surface area contributed by atoms with Crippen LogP contribution in [0, 0.1) is 11.6 Å². The van der Waals surface area contributed by atoms with Crippen molar-refractivity contribution in [1.82, 2.24) is 20.0 Å². The highest BCUT2D eigenvalue weighted by Gasteiger charge is 2.18. The first-order valence-electron chi connectivity index (χ1n) is 12.8. The molecule has 2 heterocycles. The molecule has 14 heteroatoms. The van der Waals surface area contributed by atoms with Gasteiger partial charge in [-0.3, -0.25) is 23.6 Å². The fraction of sp³-hybridized carbons (Fsp3) is 0.250. The number of carbonyl (C=O) groups is 4. The summed E-state index contributed by atoms with van der Waals surface area (Å²) < 4.78 is 39.9. The number of amides is 3. The van der Waals surface area contributed by atoms with Crippen LogP contribution >= 0.6 is 11.3 Å². The summed E-state index contributed by atoms with van der Waals surface area (Å²) in [5.74, 6) is -4.67. The average Bonchev–Trinajstić information content (AvgIpc) is 3.59. The number of thiazole rings is 1. The summed E-state index contributed by atoms with van der Waals surface area (Å²) in [5, 5.41) is 9.83. The molecule has 2 aromatic heterocycles. The molecular weight excluding hydrogens is 572 g/mol. The number of imidazole rings is 1. The third-order valence-corrected chi connectivity index (χ3v) is 6.72. The molecule has 2 aromatic carbocycles. The maximum atomic E-state index is 14.1. The monoisotopic (exact) mass is 599 g/mol. The Balaban J connectivity index is 1.25. The van der Waals surface area contributed by atoms with Gasteiger partial charge < -0.3 is 25.4 Å². The molecule has 11 nitrogen and oxygen atoms in total. The Kier molecular flexibility index (Phi) is 9.81. The summed E-state index contributed by atoms with van der Waals surface area (Å²) >= 11 is 1.40. The molecule has 0 aliphatic heterocycles. The number of ether oxygens (including phenoxy) is 2. The van der Waals surface area contributed by atoms with Gasteiger partial charge in [0.2, 0.25) is 11.7 Å². The molecule has 42 heavy (non-hydrogen) atoms. The van der Waals surface area contributed by atoms with Crippen LogP contribution in [0.15, 0.2) is 48.1 Å². The molecular formula is C28H27F2N5O6S. The van der Waals surface area contributed by atoms with Crippen molar-refractivity contribution in [3.63, 3.8) is 0 Å². The van der Waals surface area contributed by atoms with Gasteiger partial charge >= 0.3 is 5.97 Å². The summed E-state index contributed by atoms with van der Waals surface area (Å²) in [6.07, 6.45) is 3.67. The van der Waals surface area contributed by atoms with Gasteiger partial charge in [0.1, 0.15) is 11.4 Å². The van der Waals surface area contributed by atoms with E-state index in [-0.39, 0.29) is 49.2 Å². The van der Waals surface area contributed by atoms with Gasteiger partial charge in [0.15, 0.2) is 16.6 Å². The van der Waals surface area contributed by atoms with E-state index >= 15 is 0 Å². The Morgan fingerprint density at radius 1 is 1.05 bits per heavy atom. The molecule has 0 spiro atoms. The predicted molar refractivity (Wildman–Crippen MR) is 150 cm³/mol. The molecule has 3 N–H and O–H groups in total. The number of nitrogens with one attached hydrogen (secondary N) is 3. The van der Waals surface area contributed by atoms with Crippen molar-refractivity contribution in [2.24, 2.45) is 0 Å². The molecule has 0 fully saturated rings. The number of halogens is 2. The van der Waals surface area contributed by atoms with Crippen LogP contribution in [-0.2, 0) is 16.1 Å². The topological polar surface area (TPSA) is 140 Å². The largest absolute Gasteiger partial charge is 0.496 e. The van der Waals surface area contributed by atoms with Gasteiger partial charge in [0.25, 0.3) is 11.8 Å². The second-order valence-electron chi connectivity index (χ2n) is 8.94. The number of methoxy groups -OCH3 is 1. The smallest absolute Gasteiger partial charge is 0.311 e. The predicted octanol–water partition coefficient (Wildman–Crippen LogP) is 4.08. The van der Waals surface area contributed by atoms with E-state index in [4.69, 9.17) is 4.74 Å². The highest BCUT2D eigenvalue weighted by molar-refractivity contribution is 7.15. The summed E-state index contributed by atoms with van der Waals surface area (Å²) in [6.45, 7) is 1.50. The summed E-state index contributed by atoms with van der Waals surface area (Å²) in [7, 11) is 1.41. The molecule has 0 bridgehead atoms. The number of fused-ring (bicyclic) bond motifs is 1. The molecule has 0 unspecified atom stereocenters. The third kappa shape index (κ3) is 7.46. The number of benzene rings is 2. The van der Waals surface area contributed by atoms with Crippen LogP contribution in [-0.4, -0.2) is 46.7 Å². The number of anilines is 1. The SMILES string of the molecule is CCC(=O)Oc1c(F)cc(CNC(=O)CCCNC(=O)c2cc(NC(=O)c3cn4ccsc4n3)ccc2OC)cc1F. The lowest BCUT2D eigenvalue weighted by atomic mass is 10.1. The number of esters is 1. The number of hydrogen-bond acceptors (Lipinski definition) is 8. The van der Waals surface area contributed by atoms with Gasteiger partial charge in [0.05, 0.1) is 12.7 Å². The Bertz CT molecular complexity index is 1580. The number of hydrogen-bond donors (Lipinski definition) is 3. The third-order valence-electron chi connectivity index (χ3n) is 5.95. The maximum absolute atomic E-state index is 14.1. The minimum Gasteiger partial charge on any atom is -0.496 e. The maximum Gasteiger partial charge on any atom is 0.311 e. The van der Waals surface area contributed by atoms with Crippen LogP contribution < -0.4 is 25.4 Å². The van der Waals surface area contributed by atoms with E-state index in [2.05, 4.69) is 25.7 Å². The van der Waals surface area contributed by atoms with Crippen molar-refractivity contribution in [3.05, 3.63) is 76.6 Å². The molecule has 0 saturated heterocycles. The first-order valence-corrected chi connectivity index (χ1v) is 13.7. The van der Waals surface area contributed by atoms with E-state index in [9.17, 15) is 28.0 Å². The van der Waals surface area contributed by atoms with E-state index in [1.807, 2.05) is 5.38 Å². The van der Waals surface area contributed by atoms with Crippen LogP contribution in [0.1, 0.15) is 52.6 Å². The van der Waals surface area contributed by atoms with Crippen molar-refractivity contribution in [2.45, 2.75) is 32.7 Å². The van der Waals surface area contributed by atoms with Gasteiger partial charge in [-0.05, 0) is 42.3 Å². The van der Waals surface area contributed by atoms with Crippen molar-refractivity contribution >= 4 is 45.7 Å². The normalized spacial score (nSPS) is 10.8. The first-order chi connectivity index (χ1) is 20.2. The van der Waals surface area contributed by atoms with Gasteiger partial charge in [-0.1, -0.05) is 6.92 Å². The molecule has 4 aromatic rings. The molecule has 0 saturated carbocycles. The van der Waals surface area contributed by atoms with E-state index in [0.29, 0.717) is 16.4 Å². The van der Waals surface area contributed by atoms with E-state index < -0.39 is 41.1 Å². The molecule has 0 radical (unpaired) electrons. The van der Waals surface area contributed by atoms with Crippen molar-refractivity contribution in [3.8, 4) is 11.5 Å². The molecule has 3 amide bonds. The van der Waals surface area contributed by atoms with Crippen molar-refractivity contribution in [1.29, 1.82) is 0 Å². The van der Waals surface area contributed by atoms with Crippen LogP contribution in [0.25, 0.3) is 4.96 Å². The Hall–Kier alpha value is -4.85. The van der Waals surface area contributed by atoms with Crippen LogP contribution in [0.4, 0.5) is 14.5 Å². The highest BCUT2D eigenvalue weighted by Crippen LogP contribution is 2.25. The standard InChI is InChI=1S/C28H27F2N5O6S/c1-3-24(37)41-25-19(29)11-16(12-20(25)30)14-32-23(36)5-4-8-31-26(38)18-13-17(6-7-22(18)40-2)33-27(39)21-15-35-9-10-42-28(35)34-21/h6-7,9-13,15H,3-5,8,14H2,1-2H3,(H,31,38)(H,32,36)(H,33,39). The molecule has 0 aliphatic rings.